The summed E-state index contributed by atoms with van der Waals surface area (Å²) in [6, 6.07) is 5.34. The number of hydrogen-bond donors (Lipinski definition) is 1. The van der Waals surface area contributed by atoms with Crippen LogP contribution in [0.4, 0.5) is 4.39 Å². The number of rotatable bonds is 1. The Kier molecular flexibility index (Phi) is 1.51. The average Bonchev–Trinajstić information content (AvgIpc) is 2.55. The van der Waals surface area contributed by atoms with Gasteiger partial charge in [-0.2, -0.15) is 4.39 Å². The first-order chi connectivity index (χ1) is 5.36. The summed E-state index contributed by atoms with van der Waals surface area (Å²) in [7, 11) is 0. The van der Waals surface area contributed by atoms with Gasteiger partial charge in [0.25, 0.3) is 0 Å². The van der Waals surface area contributed by atoms with Crippen LogP contribution in [0.5, 0.6) is 0 Å². The highest BCUT2D eigenvalue weighted by atomic mass is 32.1. The number of aromatic nitrogens is 1. The van der Waals surface area contributed by atoms with Gasteiger partial charge in [-0.1, -0.05) is 0 Å². The maximum absolute atomic E-state index is 12.5. The van der Waals surface area contributed by atoms with Crippen LogP contribution in [0.1, 0.15) is 0 Å². The van der Waals surface area contributed by atoms with Gasteiger partial charge in [-0.05, 0) is 18.2 Å². The van der Waals surface area contributed by atoms with Crippen molar-refractivity contribution in [2.45, 2.75) is 0 Å². The lowest BCUT2D eigenvalue weighted by Gasteiger charge is -1.87. The quantitative estimate of drug-likeness (QED) is 0.672. The first kappa shape index (κ1) is 6.61. The molecule has 2 rings (SSSR count). The predicted octanol–water partition coefficient (Wildman–Crippen LogP) is 2.88. The molecule has 0 aliphatic heterocycles. The zero-order chi connectivity index (χ0) is 7.68. The third kappa shape index (κ3) is 1.19. The monoisotopic (exact) mass is 167 g/mol. The Morgan fingerprint density at radius 2 is 2.36 bits per heavy atom. The van der Waals surface area contributed by atoms with Crippen LogP contribution in [0.2, 0.25) is 0 Å². The molecular weight excluding hydrogens is 161 g/mol. The number of halogens is 1. The maximum atomic E-state index is 12.5. The van der Waals surface area contributed by atoms with Crippen molar-refractivity contribution in [3.63, 3.8) is 0 Å². The van der Waals surface area contributed by atoms with E-state index in [0.29, 0.717) is 0 Å². The normalized spacial score (nSPS) is 10.3. The summed E-state index contributed by atoms with van der Waals surface area (Å²) in [5, 5.41) is 1.65. The van der Waals surface area contributed by atoms with Crippen molar-refractivity contribution in [3.8, 4) is 11.3 Å². The summed E-state index contributed by atoms with van der Waals surface area (Å²) >= 11 is 1.12. The van der Waals surface area contributed by atoms with Crippen molar-refractivity contribution < 1.29 is 4.39 Å². The van der Waals surface area contributed by atoms with Gasteiger partial charge in [-0.15, -0.1) is 11.3 Å². The highest BCUT2D eigenvalue weighted by Gasteiger charge is 2.00. The minimum atomic E-state index is -0.144. The second kappa shape index (κ2) is 2.51. The molecule has 3 heteroatoms. The van der Waals surface area contributed by atoms with E-state index in [4.69, 9.17) is 0 Å². The van der Waals surface area contributed by atoms with Crippen LogP contribution in [-0.2, 0) is 0 Å². The summed E-state index contributed by atoms with van der Waals surface area (Å²) in [5.41, 5.74) is 1.88. The zero-order valence-electron chi connectivity index (χ0n) is 5.67. The van der Waals surface area contributed by atoms with Gasteiger partial charge in [0.2, 0.25) is 0 Å². The van der Waals surface area contributed by atoms with Crippen LogP contribution in [0, 0.1) is 5.13 Å². The molecule has 0 aromatic carbocycles. The molecular formula is C8H6FNS. The van der Waals surface area contributed by atoms with Crippen molar-refractivity contribution in [2.75, 3.05) is 0 Å². The van der Waals surface area contributed by atoms with E-state index >= 15 is 0 Å². The number of H-pyrrole nitrogens is 1. The zero-order valence-corrected chi connectivity index (χ0v) is 6.49. The van der Waals surface area contributed by atoms with E-state index in [1.165, 1.54) is 6.07 Å². The minimum absolute atomic E-state index is 0.144. The second-order valence-corrected chi connectivity index (χ2v) is 3.08. The topological polar surface area (TPSA) is 15.8 Å². The van der Waals surface area contributed by atoms with Crippen LogP contribution in [0.25, 0.3) is 11.3 Å². The lowest BCUT2D eigenvalue weighted by molar-refractivity contribution is 0.657. The summed E-state index contributed by atoms with van der Waals surface area (Å²) < 4.78 is 12.5. The van der Waals surface area contributed by atoms with E-state index in [9.17, 15) is 4.39 Å². The molecule has 56 valence electrons. The van der Waals surface area contributed by atoms with Crippen molar-refractivity contribution in [3.05, 3.63) is 34.9 Å². The second-order valence-electron chi connectivity index (χ2n) is 2.22. The summed E-state index contributed by atoms with van der Waals surface area (Å²) in [5.74, 6) is 0. The summed E-state index contributed by atoms with van der Waals surface area (Å²) in [6.45, 7) is 0. The van der Waals surface area contributed by atoms with Gasteiger partial charge in [0.1, 0.15) is 0 Å². The van der Waals surface area contributed by atoms with Crippen LogP contribution in [-0.4, -0.2) is 4.98 Å². The first-order valence-corrected chi connectivity index (χ1v) is 4.12. The molecule has 0 aliphatic rings. The van der Waals surface area contributed by atoms with E-state index in [-0.39, 0.29) is 5.13 Å². The number of hydrogen-bond acceptors (Lipinski definition) is 1. The molecule has 2 aromatic rings. The third-order valence-corrected chi connectivity index (χ3v) is 2.19. The van der Waals surface area contributed by atoms with E-state index in [0.717, 1.165) is 22.6 Å². The molecule has 0 amide bonds. The van der Waals surface area contributed by atoms with E-state index in [1.54, 1.807) is 5.38 Å². The van der Waals surface area contributed by atoms with Crippen LogP contribution < -0.4 is 0 Å². The van der Waals surface area contributed by atoms with Gasteiger partial charge in [-0.25, -0.2) is 0 Å². The number of thiophene rings is 1. The van der Waals surface area contributed by atoms with Crippen molar-refractivity contribution >= 4 is 11.3 Å². The Labute approximate surface area is 67.5 Å². The van der Waals surface area contributed by atoms with Gasteiger partial charge in [-0.3, -0.25) is 0 Å². The van der Waals surface area contributed by atoms with Gasteiger partial charge in [0, 0.05) is 22.8 Å². The molecule has 0 radical (unpaired) electrons. The van der Waals surface area contributed by atoms with Crippen molar-refractivity contribution in [1.29, 1.82) is 0 Å². The van der Waals surface area contributed by atoms with Crippen LogP contribution in [0.3, 0.4) is 0 Å². The molecule has 1 N–H and O–H groups in total. The maximum Gasteiger partial charge on any atom is 0.177 e. The van der Waals surface area contributed by atoms with Crippen molar-refractivity contribution in [2.24, 2.45) is 0 Å². The Bertz CT molecular complexity index is 337. The molecule has 0 saturated carbocycles. The number of aromatic amines is 1. The molecule has 0 bridgehead atoms. The van der Waals surface area contributed by atoms with Crippen LogP contribution >= 0.6 is 11.3 Å². The van der Waals surface area contributed by atoms with Gasteiger partial charge in [0.15, 0.2) is 5.13 Å². The fraction of sp³-hybridized carbons (Fsp3) is 0. The molecule has 0 aliphatic carbocycles. The smallest absolute Gasteiger partial charge is 0.177 e. The Balaban J connectivity index is 2.45. The number of nitrogens with one attached hydrogen (secondary N) is 1. The van der Waals surface area contributed by atoms with Crippen LogP contribution in [0.15, 0.2) is 29.8 Å². The Morgan fingerprint density at radius 1 is 1.45 bits per heavy atom. The Morgan fingerprint density at radius 3 is 2.91 bits per heavy atom. The predicted molar refractivity (Wildman–Crippen MR) is 44.1 cm³/mol. The van der Waals surface area contributed by atoms with Gasteiger partial charge < -0.3 is 4.98 Å². The van der Waals surface area contributed by atoms with Gasteiger partial charge in [0.05, 0.1) is 0 Å². The minimum Gasteiger partial charge on any atom is -0.361 e. The molecule has 2 aromatic heterocycles. The molecule has 0 atom stereocenters. The summed E-state index contributed by atoms with van der Waals surface area (Å²) in [6.07, 6.45) is 1.82. The third-order valence-electron chi connectivity index (χ3n) is 1.48. The molecule has 0 spiro atoms. The van der Waals surface area contributed by atoms with E-state index in [2.05, 4.69) is 4.98 Å². The lowest BCUT2D eigenvalue weighted by atomic mass is 10.2. The molecule has 2 heterocycles. The van der Waals surface area contributed by atoms with E-state index in [1.807, 2.05) is 18.3 Å². The first-order valence-electron chi connectivity index (χ1n) is 3.24. The molecule has 0 saturated heterocycles. The molecule has 11 heavy (non-hydrogen) atoms. The fourth-order valence-corrected chi connectivity index (χ4v) is 1.59. The average molecular weight is 167 g/mol. The molecule has 1 nitrogen and oxygen atoms in total. The van der Waals surface area contributed by atoms with Gasteiger partial charge >= 0.3 is 0 Å². The highest BCUT2D eigenvalue weighted by Crippen LogP contribution is 2.22. The fourth-order valence-electron chi connectivity index (χ4n) is 0.961. The molecule has 0 unspecified atom stereocenters. The van der Waals surface area contributed by atoms with Crippen molar-refractivity contribution in [1.82, 2.24) is 4.98 Å². The SMILES string of the molecule is Fc1cc(-c2ccc[nH]2)cs1. The highest BCUT2D eigenvalue weighted by molar-refractivity contribution is 7.08. The largest absolute Gasteiger partial charge is 0.361 e. The summed E-state index contributed by atoms with van der Waals surface area (Å²) in [4.78, 5) is 3.01. The Hall–Kier alpha value is -1.09. The lowest BCUT2D eigenvalue weighted by Crippen LogP contribution is -1.69. The van der Waals surface area contributed by atoms with E-state index < -0.39 is 0 Å². The standard InChI is InChI=1S/C8H6FNS/c9-8-4-6(5-11-8)7-2-1-3-10-7/h1-5,10H. The molecule has 0 fully saturated rings.